The third kappa shape index (κ3) is 11.6. The molecule has 0 saturated carbocycles. The third-order valence-electron chi connectivity index (χ3n) is 23.3. The predicted molar refractivity (Wildman–Crippen MR) is 503 cm³/mol. The highest BCUT2D eigenvalue weighted by molar-refractivity contribution is 7.27. The first-order valence-electron chi connectivity index (χ1n) is 40.1. The van der Waals surface area contributed by atoms with Gasteiger partial charge in [0.1, 0.15) is 11.2 Å². The summed E-state index contributed by atoms with van der Waals surface area (Å²) >= 11 is 5.47. The summed E-state index contributed by atoms with van der Waals surface area (Å²) in [7, 11) is 0. The van der Waals surface area contributed by atoms with E-state index in [-0.39, 0.29) is 0 Å². The fraction of sp³-hybridized carbons (Fsp3) is 0. The van der Waals surface area contributed by atoms with Gasteiger partial charge in [-0.25, -0.2) is 29.9 Å². The van der Waals surface area contributed by atoms with E-state index in [0.29, 0.717) is 34.9 Å². The van der Waals surface area contributed by atoms with Crippen LogP contribution in [0.4, 0.5) is 0 Å². The molecule has 120 heavy (non-hydrogen) atoms. The summed E-state index contributed by atoms with van der Waals surface area (Å²) in [5.74, 6) is 3.92. The van der Waals surface area contributed by atoms with Crippen LogP contribution in [0.5, 0.6) is 0 Å². The van der Waals surface area contributed by atoms with E-state index >= 15 is 0 Å². The SMILES string of the molecule is c1ccc(-c2nc(-c3ccccc3)nc(-c3cc(-c4ccc(-c5ccc6c(c5)c5c7sc8ccccc8c7ccc5n6-c5ccccc5)cc4)cc4c3sc3ccccc34)n2)cc1.c1ccc(-c2nc(-c3ccccc3)nc(-c3cc(-c4ccc(-n5c6ccccc6c6c7oc8ccccc8c7ccc65)cc4)cc4c3sc3ccccc34)n2)cc1. The molecular weight excluding hydrogens is 1520 g/mol. The van der Waals surface area contributed by atoms with Gasteiger partial charge in [-0.1, -0.05) is 279 Å². The van der Waals surface area contributed by atoms with Gasteiger partial charge < -0.3 is 13.6 Å². The van der Waals surface area contributed by atoms with E-state index in [4.69, 9.17) is 34.3 Å². The normalized spacial score (nSPS) is 11.8. The van der Waals surface area contributed by atoms with Gasteiger partial charge in [-0.15, -0.1) is 34.0 Å². The van der Waals surface area contributed by atoms with Gasteiger partial charge in [0.25, 0.3) is 0 Å². The largest absolute Gasteiger partial charge is 0.455 e. The Labute approximate surface area is 699 Å². The van der Waals surface area contributed by atoms with Crippen molar-refractivity contribution in [2.45, 2.75) is 0 Å². The molecule has 0 aliphatic rings. The lowest BCUT2D eigenvalue weighted by atomic mass is 9.96. The van der Waals surface area contributed by atoms with Crippen molar-refractivity contribution >= 4 is 160 Å². The maximum Gasteiger partial charge on any atom is 0.165 e. The molecule has 0 aliphatic heterocycles. The number of furan rings is 1. The first-order chi connectivity index (χ1) is 59.5. The van der Waals surface area contributed by atoms with Gasteiger partial charge in [-0.2, -0.15) is 0 Å². The molecule has 560 valence electrons. The second-order valence-corrected chi connectivity index (χ2v) is 33.5. The lowest BCUT2D eigenvalue weighted by Gasteiger charge is -2.12. The maximum absolute atomic E-state index is 6.54. The average Bonchev–Trinajstić information content (AvgIpc) is 1.57. The quantitative estimate of drug-likeness (QED) is 0.127. The summed E-state index contributed by atoms with van der Waals surface area (Å²) in [5.41, 5.74) is 21.3. The van der Waals surface area contributed by atoms with Crippen LogP contribution in [0, 0.1) is 0 Å². The molecule has 0 amide bonds. The standard InChI is InChI=1S/C57H34N4S2.C51H30N4OS/c1-4-14-37(15-5-1)55-58-56(38-16-6-2-7-17-38)60-57(59-55)47-34-40(33-45-43-21-11-13-23-51(43)62-53(45)47)36-26-24-35(25-27-36)39-28-30-48-46(32-39)52-49(61(48)41-18-8-3-9-19-41)31-29-44-42-20-10-12-22-50(42)63-54(44)52;1-3-13-32(14-4-1)49-52-50(33-15-5-2-6-16-33)54-51(53-49)41-30-34(29-40-37-18-9-12-22-45(37)57-48(40)41)31-23-25-35(26-24-31)55-42-20-10-7-19-39(42)46-43(55)28-27-38-36-17-8-11-21-44(36)56-47(38)46/h1-34H;1-30H. The van der Waals surface area contributed by atoms with Gasteiger partial charge in [-0.05, 0) is 143 Å². The molecular formula is C108H64N8OS3. The van der Waals surface area contributed by atoms with Crippen LogP contribution >= 0.6 is 34.0 Å². The van der Waals surface area contributed by atoms with Gasteiger partial charge in [0.05, 0.1) is 27.5 Å². The lowest BCUT2D eigenvalue weighted by Crippen LogP contribution is -2.00. The molecule has 8 aromatic heterocycles. The summed E-state index contributed by atoms with van der Waals surface area (Å²) in [6.07, 6.45) is 0. The highest BCUT2D eigenvalue weighted by atomic mass is 32.1. The average molecular weight is 1590 g/mol. The van der Waals surface area contributed by atoms with Crippen LogP contribution < -0.4 is 0 Å². The molecule has 17 aromatic carbocycles. The van der Waals surface area contributed by atoms with Crippen LogP contribution in [0.1, 0.15) is 0 Å². The molecule has 0 fully saturated rings. The number of hydrogen-bond acceptors (Lipinski definition) is 10. The minimum absolute atomic E-state index is 0.648. The second-order valence-electron chi connectivity index (χ2n) is 30.3. The Kier molecular flexibility index (Phi) is 16.3. The monoisotopic (exact) mass is 1580 g/mol. The summed E-state index contributed by atoms with van der Waals surface area (Å²) in [6, 6.07) is 138. The van der Waals surface area contributed by atoms with Gasteiger partial charge in [-0.3, -0.25) is 0 Å². The fourth-order valence-electron chi connectivity index (χ4n) is 17.7. The second kappa shape index (κ2) is 28.3. The van der Waals surface area contributed by atoms with Gasteiger partial charge in [0, 0.05) is 132 Å². The number of nitrogens with zero attached hydrogens (tertiary/aromatic N) is 8. The fourth-order valence-corrected chi connectivity index (χ4v) is 21.3. The molecule has 0 atom stereocenters. The zero-order chi connectivity index (χ0) is 78.9. The number of rotatable bonds is 11. The minimum atomic E-state index is 0.648. The Hall–Kier alpha value is -15.2. The topological polar surface area (TPSA) is 100 Å². The molecule has 0 unspecified atom stereocenters. The van der Waals surface area contributed by atoms with Crippen molar-refractivity contribution in [1.29, 1.82) is 0 Å². The van der Waals surface area contributed by atoms with Crippen molar-refractivity contribution in [2.75, 3.05) is 0 Å². The zero-order valence-corrected chi connectivity index (χ0v) is 66.6. The Bertz CT molecular complexity index is 8270. The van der Waals surface area contributed by atoms with Crippen LogP contribution in [-0.2, 0) is 0 Å². The molecule has 25 aromatic rings. The van der Waals surface area contributed by atoms with E-state index in [2.05, 4.69) is 312 Å². The molecule has 0 aliphatic carbocycles. The molecule has 0 bridgehead atoms. The molecule has 0 spiro atoms. The molecule has 8 heterocycles. The van der Waals surface area contributed by atoms with Crippen molar-refractivity contribution in [3.63, 3.8) is 0 Å². The Morgan fingerprint density at radius 3 is 1.06 bits per heavy atom. The third-order valence-corrected chi connectivity index (χ3v) is 27.0. The van der Waals surface area contributed by atoms with E-state index in [1.54, 1.807) is 22.7 Å². The number of thiophene rings is 3. The van der Waals surface area contributed by atoms with Crippen LogP contribution in [0.15, 0.2) is 393 Å². The number of aromatic nitrogens is 8. The highest BCUT2D eigenvalue weighted by Gasteiger charge is 2.25. The van der Waals surface area contributed by atoms with Crippen LogP contribution in [0.25, 0.3) is 239 Å². The van der Waals surface area contributed by atoms with Gasteiger partial charge >= 0.3 is 0 Å². The van der Waals surface area contributed by atoms with Crippen molar-refractivity contribution in [3.8, 4) is 113 Å². The summed E-state index contributed by atoms with van der Waals surface area (Å²) in [5, 5.41) is 14.6. The number of benzene rings is 17. The van der Waals surface area contributed by atoms with Gasteiger partial charge in [0.15, 0.2) is 34.9 Å². The smallest absolute Gasteiger partial charge is 0.165 e. The molecule has 9 nitrogen and oxygen atoms in total. The molecule has 25 rings (SSSR count). The van der Waals surface area contributed by atoms with Crippen LogP contribution in [0.3, 0.4) is 0 Å². The molecule has 0 saturated heterocycles. The van der Waals surface area contributed by atoms with Crippen molar-refractivity contribution in [1.82, 2.24) is 39.0 Å². The lowest BCUT2D eigenvalue weighted by molar-refractivity contribution is 0.673. The van der Waals surface area contributed by atoms with E-state index in [9.17, 15) is 0 Å². The highest BCUT2D eigenvalue weighted by Crippen LogP contribution is 2.49. The molecule has 0 radical (unpaired) electrons. The molecule has 12 heteroatoms. The van der Waals surface area contributed by atoms with Crippen LogP contribution in [-0.4, -0.2) is 39.0 Å². The van der Waals surface area contributed by atoms with Crippen molar-refractivity contribution in [2.24, 2.45) is 0 Å². The zero-order valence-electron chi connectivity index (χ0n) is 64.2. The Morgan fingerprint density at radius 1 is 0.200 bits per heavy atom. The van der Waals surface area contributed by atoms with E-state index in [1.165, 1.54) is 89.4 Å². The Morgan fingerprint density at radius 2 is 0.550 bits per heavy atom. The van der Waals surface area contributed by atoms with Crippen molar-refractivity contribution < 1.29 is 4.42 Å². The summed E-state index contributed by atoms with van der Waals surface area (Å²) < 4.78 is 18.7. The van der Waals surface area contributed by atoms with E-state index in [1.807, 2.05) is 96.3 Å². The summed E-state index contributed by atoms with van der Waals surface area (Å²) in [4.78, 5) is 30.7. The summed E-state index contributed by atoms with van der Waals surface area (Å²) in [6.45, 7) is 0. The predicted octanol–water partition coefficient (Wildman–Crippen LogP) is 29.9. The van der Waals surface area contributed by atoms with Crippen molar-refractivity contribution in [3.05, 3.63) is 388 Å². The van der Waals surface area contributed by atoms with E-state index < -0.39 is 0 Å². The first kappa shape index (κ1) is 69.2. The number of hydrogen-bond donors (Lipinski definition) is 0. The Balaban J connectivity index is 0.000000137. The number of fused-ring (bicyclic) bond motifs is 20. The minimum Gasteiger partial charge on any atom is -0.455 e. The first-order valence-corrected chi connectivity index (χ1v) is 42.6. The number of para-hydroxylation sites is 3. The molecule has 0 N–H and O–H groups in total. The van der Waals surface area contributed by atoms with Gasteiger partial charge in [0.2, 0.25) is 0 Å². The maximum atomic E-state index is 6.54. The van der Waals surface area contributed by atoms with Crippen LogP contribution in [0.2, 0.25) is 0 Å². The van der Waals surface area contributed by atoms with E-state index in [0.717, 1.165) is 115 Å².